The number of carbonyl (C=O) groups is 2. The molecule has 4 nitrogen and oxygen atoms in total. The summed E-state index contributed by atoms with van der Waals surface area (Å²) in [6.07, 6.45) is 0. The summed E-state index contributed by atoms with van der Waals surface area (Å²) in [5.74, 6) is -0.0335. The van der Waals surface area contributed by atoms with E-state index in [0.717, 1.165) is 0 Å². The molecule has 0 aromatic rings. The lowest BCUT2D eigenvalue weighted by Crippen LogP contribution is -2.64. The second-order valence-corrected chi connectivity index (χ2v) is 6.95. The largest absolute Gasteiger partial charge is 0.341 e. The summed E-state index contributed by atoms with van der Waals surface area (Å²) in [5, 5.41) is 2.74. The highest BCUT2D eigenvalue weighted by atomic mass is 16.2. The van der Waals surface area contributed by atoms with E-state index < -0.39 is 5.54 Å². The summed E-state index contributed by atoms with van der Waals surface area (Å²) in [6.45, 7) is 12.4. The van der Waals surface area contributed by atoms with Gasteiger partial charge in [-0.05, 0) is 24.7 Å². The molecule has 2 aliphatic rings. The van der Waals surface area contributed by atoms with E-state index in [1.807, 2.05) is 0 Å². The molecule has 1 heterocycles. The molecule has 0 unspecified atom stereocenters. The molecule has 1 saturated carbocycles. The van der Waals surface area contributed by atoms with Gasteiger partial charge in [0.1, 0.15) is 5.54 Å². The van der Waals surface area contributed by atoms with Gasteiger partial charge < -0.3 is 10.2 Å². The quantitative estimate of drug-likeness (QED) is 0.745. The first-order chi connectivity index (χ1) is 7.52. The summed E-state index contributed by atoms with van der Waals surface area (Å²) in [7, 11) is 0. The molecule has 0 bridgehead atoms. The zero-order chi connectivity index (χ0) is 13.2. The van der Waals surface area contributed by atoms with Crippen molar-refractivity contribution in [1.29, 1.82) is 0 Å². The summed E-state index contributed by atoms with van der Waals surface area (Å²) >= 11 is 0. The molecule has 1 aliphatic carbocycles. The zero-order valence-corrected chi connectivity index (χ0v) is 11.5. The van der Waals surface area contributed by atoms with Crippen LogP contribution in [0, 0.1) is 10.8 Å². The van der Waals surface area contributed by atoms with Crippen molar-refractivity contribution in [1.82, 2.24) is 10.2 Å². The molecule has 0 aromatic heterocycles. The third kappa shape index (κ3) is 1.49. The number of amides is 2. The van der Waals surface area contributed by atoms with Crippen LogP contribution in [0.1, 0.15) is 41.5 Å². The Morgan fingerprint density at radius 1 is 1.06 bits per heavy atom. The van der Waals surface area contributed by atoms with Crippen LogP contribution < -0.4 is 5.32 Å². The molecular weight excluding hydrogens is 216 g/mol. The van der Waals surface area contributed by atoms with Gasteiger partial charge in [0.25, 0.3) is 0 Å². The molecule has 0 aromatic carbocycles. The van der Waals surface area contributed by atoms with E-state index in [0.29, 0.717) is 0 Å². The van der Waals surface area contributed by atoms with Crippen molar-refractivity contribution >= 4 is 11.8 Å². The summed E-state index contributed by atoms with van der Waals surface area (Å²) in [4.78, 5) is 25.8. The van der Waals surface area contributed by atoms with Gasteiger partial charge >= 0.3 is 0 Å². The predicted molar refractivity (Wildman–Crippen MR) is 65.3 cm³/mol. The van der Waals surface area contributed by atoms with Gasteiger partial charge in [-0.2, -0.15) is 0 Å². The zero-order valence-electron chi connectivity index (χ0n) is 11.5. The van der Waals surface area contributed by atoms with Crippen molar-refractivity contribution in [2.45, 2.75) is 53.1 Å². The predicted octanol–water partition coefficient (Wildman–Crippen LogP) is 1.16. The molecular formula is C13H22N2O2. The Kier molecular flexibility index (Phi) is 2.21. The first-order valence-corrected chi connectivity index (χ1v) is 6.14. The number of nitrogens with one attached hydrogen (secondary N) is 1. The molecule has 1 N–H and O–H groups in total. The second kappa shape index (κ2) is 3.03. The Morgan fingerprint density at radius 2 is 1.53 bits per heavy atom. The highest BCUT2D eigenvalue weighted by molar-refractivity contribution is 5.97. The Hall–Kier alpha value is -1.06. The standard InChI is InChI=1S/C13H22N2O2/c1-11(2)9(12(11,3)4)15-7-8(16)14-13(5,6)10(15)17/h9H,7H2,1-6H3,(H,14,16). The molecule has 2 amide bonds. The van der Waals surface area contributed by atoms with Gasteiger partial charge in [-0.15, -0.1) is 0 Å². The van der Waals surface area contributed by atoms with Gasteiger partial charge in [-0.1, -0.05) is 27.7 Å². The van der Waals surface area contributed by atoms with E-state index in [1.165, 1.54) is 0 Å². The lowest BCUT2D eigenvalue weighted by molar-refractivity contribution is -0.149. The first-order valence-electron chi connectivity index (χ1n) is 6.14. The number of piperazine rings is 1. The van der Waals surface area contributed by atoms with Crippen LogP contribution in [0.15, 0.2) is 0 Å². The van der Waals surface area contributed by atoms with Crippen LogP contribution in [0.25, 0.3) is 0 Å². The van der Waals surface area contributed by atoms with Crippen LogP contribution in [0.5, 0.6) is 0 Å². The summed E-state index contributed by atoms with van der Waals surface area (Å²) < 4.78 is 0. The molecule has 2 fully saturated rings. The van der Waals surface area contributed by atoms with Crippen LogP contribution in [0.3, 0.4) is 0 Å². The van der Waals surface area contributed by atoms with Gasteiger partial charge in [-0.25, -0.2) is 0 Å². The smallest absolute Gasteiger partial charge is 0.248 e. The second-order valence-electron chi connectivity index (χ2n) is 6.95. The Morgan fingerprint density at radius 3 is 1.94 bits per heavy atom. The van der Waals surface area contributed by atoms with Crippen molar-refractivity contribution in [2.24, 2.45) is 10.8 Å². The van der Waals surface area contributed by atoms with Gasteiger partial charge in [-0.3, -0.25) is 9.59 Å². The number of carbonyl (C=O) groups excluding carboxylic acids is 2. The number of rotatable bonds is 1. The van der Waals surface area contributed by atoms with Crippen molar-refractivity contribution in [3.63, 3.8) is 0 Å². The maximum absolute atomic E-state index is 12.4. The van der Waals surface area contributed by atoms with E-state index in [1.54, 1.807) is 18.7 Å². The molecule has 17 heavy (non-hydrogen) atoms. The van der Waals surface area contributed by atoms with Crippen LogP contribution in [-0.2, 0) is 9.59 Å². The van der Waals surface area contributed by atoms with Gasteiger partial charge in [0, 0.05) is 6.04 Å². The number of hydrogen-bond acceptors (Lipinski definition) is 2. The van der Waals surface area contributed by atoms with Crippen molar-refractivity contribution in [2.75, 3.05) is 6.54 Å². The maximum atomic E-state index is 12.4. The molecule has 0 spiro atoms. The SMILES string of the molecule is CC1(C)NC(=O)CN(C2C(C)(C)C2(C)C)C1=O. The number of nitrogens with zero attached hydrogens (tertiary/aromatic N) is 1. The van der Waals surface area contributed by atoms with Crippen molar-refractivity contribution in [3.8, 4) is 0 Å². The molecule has 0 atom stereocenters. The van der Waals surface area contributed by atoms with Crippen molar-refractivity contribution < 1.29 is 9.59 Å². The topological polar surface area (TPSA) is 49.4 Å². The van der Waals surface area contributed by atoms with Gasteiger partial charge in [0.2, 0.25) is 11.8 Å². The lowest BCUT2D eigenvalue weighted by Gasteiger charge is -2.38. The van der Waals surface area contributed by atoms with Crippen LogP contribution >= 0.6 is 0 Å². The molecule has 1 aliphatic heterocycles. The van der Waals surface area contributed by atoms with E-state index >= 15 is 0 Å². The average molecular weight is 238 g/mol. The van der Waals surface area contributed by atoms with E-state index in [9.17, 15) is 9.59 Å². The van der Waals surface area contributed by atoms with E-state index in [-0.39, 0.29) is 35.2 Å². The fourth-order valence-corrected chi connectivity index (χ4v) is 3.18. The minimum atomic E-state index is -0.774. The molecule has 0 radical (unpaired) electrons. The third-order valence-corrected chi connectivity index (χ3v) is 4.82. The fraction of sp³-hybridized carbons (Fsp3) is 0.846. The average Bonchev–Trinajstić information content (AvgIpc) is 2.50. The van der Waals surface area contributed by atoms with Crippen LogP contribution in [0.4, 0.5) is 0 Å². The third-order valence-electron chi connectivity index (χ3n) is 4.82. The lowest BCUT2D eigenvalue weighted by atomic mass is 9.99. The number of hydrogen-bond donors (Lipinski definition) is 1. The first kappa shape index (κ1) is 12.4. The highest BCUT2D eigenvalue weighted by Crippen LogP contribution is 2.65. The fourth-order valence-electron chi connectivity index (χ4n) is 3.18. The van der Waals surface area contributed by atoms with Gasteiger partial charge in [0.15, 0.2) is 0 Å². The summed E-state index contributed by atoms with van der Waals surface area (Å²) in [6, 6.07) is 0.160. The minimum absolute atomic E-state index is 0.0285. The van der Waals surface area contributed by atoms with Crippen molar-refractivity contribution in [3.05, 3.63) is 0 Å². The monoisotopic (exact) mass is 238 g/mol. The maximum Gasteiger partial charge on any atom is 0.248 e. The van der Waals surface area contributed by atoms with Crippen LogP contribution in [0.2, 0.25) is 0 Å². The minimum Gasteiger partial charge on any atom is -0.341 e. The van der Waals surface area contributed by atoms with E-state index in [2.05, 4.69) is 33.0 Å². The molecule has 2 rings (SSSR count). The molecule has 1 saturated heterocycles. The van der Waals surface area contributed by atoms with Crippen LogP contribution in [-0.4, -0.2) is 34.8 Å². The molecule has 4 heteroatoms. The Balaban J connectivity index is 2.29. The van der Waals surface area contributed by atoms with E-state index in [4.69, 9.17) is 0 Å². The van der Waals surface area contributed by atoms with Gasteiger partial charge in [0.05, 0.1) is 6.54 Å². The Bertz CT molecular complexity index is 382. The normalized spacial score (nSPS) is 30.1. The Labute approximate surface area is 103 Å². The molecule has 96 valence electrons. The summed E-state index contributed by atoms with van der Waals surface area (Å²) in [5.41, 5.74) is -0.614. The highest BCUT2D eigenvalue weighted by Gasteiger charge is 2.69.